The van der Waals surface area contributed by atoms with Crippen LogP contribution in [0.3, 0.4) is 0 Å². The molecule has 0 aliphatic carbocycles. The Balaban J connectivity index is 1.42. The predicted molar refractivity (Wildman–Crippen MR) is 126 cm³/mol. The molecular formula is C25H20F3N3OS. The van der Waals surface area contributed by atoms with Crippen LogP contribution in [0.5, 0.6) is 0 Å². The van der Waals surface area contributed by atoms with E-state index in [1.807, 2.05) is 23.0 Å². The summed E-state index contributed by atoms with van der Waals surface area (Å²) in [5, 5.41) is 8.18. The number of amides is 1. The van der Waals surface area contributed by atoms with Crippen LogP contribution in [0.25, 0.3) is 11.1 Å². The Hall–Kier alpha value is -3.65. The molecule has 0 saturated carbocycles. The van der Waals surface area contributed by atoms with Gasteiger partial charge in [-0.2, -0.15) is 13.2 Å². The standard InChI is InChI=1S/C25H20F3N3OS/c26-25(27,28)18-7-5-17(6-8-18)22-3-1-2-4-23(22)24(32)31-20-11-9-19(10-12-20)29-14-13-21-15-33-16-30-21/h1-12,15-16,29H,13-14H2,(H,31,32). The van der Waals surface area contributed by atoms with E-state index in [4.69, 9.17) is 0 Å². The lowest BCUT2D eigenvalue weighted by atomic mass is 9.98. The molecule has 33 heavy (non-hydrogen) atoms. The largest absolute Gasteiger partial charge is 0.416 e. The van der Waals surface area contributed by atoms with E-state index in [-0.39, 0.29) is 5.91 Å². The highest BCUT2D eigenvalue weighted by atomic mass is 32.1. The molecule has 2 N–H and O–H groups in total. The van der Waals surface area contributed by atoms with Crippen molar-refractivity contribution in [1.82, 2.24) is 4.98 Å². The third kappa shape index (κ3) is 5.78. The Morgan fingerprint density at radius 2 is 1.61 bits per heavy atom. The zero-order chi connectivity index (χ0) is 23.3. The molecule has 0 unspecified atom stereocenters. The molecule has 0 bridgehead atoms. The zero-order valence-corrected chi connectivity index (χ0v) is 18.2. The van der Waals surface area contributed by atoms with Gasteiger partial charge in [0.15, 0.2) is 0 Å². The fraction of sp³-hybridized carbons (Fsp3) is 0.120. The van der Waals surface area contributed by atoms with Gasteiger partial charge in [0, 0.05) is 35.3 Å². The van der Waals surface area contributed by atoms with Gasteiger partial charge >= 0.3 is 6.18 Å². The van der Waals surface area contributed by atoms with Crippen LogP contribution in [-0.4, -0.2) is 17.4 Å². The summed E-state index contributed by atoms with van der Waals surface area (Å²) in [4.78, 5) is 17.2. The van der Waals surface area contributed by atoms with E-state index in [2.05, 4.69) is 15.6 Å². The summed E-state index contributed by atoms with van der Waals surface area (Å²) >= 11 is 1.57. The van der Waals surface area contributed by atoms with Crippen molar-refractivity contribution < 1.29 is 18.0 Å². The number of hydrogen-bond donors (Lipinski definition) is 2. The number of benzene rings is 3. The second-order valence-electron chi connectivity index (χ2n) is 7.31. The quantitative estimate of drug-likeness (QED) is 0.317. The minimum absolute atomic E-state index is 0.338. The number of nitrogens with one attached hydrogen (secondary N) is 2. The number of nitrogens with zero attached hydrogens (tertiary/aromatic N) is 1. The summed E-state index contributed by atoms with van der Waals surface area (Å²) < 4.78 is 38.6. The van der Waals surface area contributed by atoms with Crippen molar-refractivity contribution in [3.05, 3.63) is 101 Å². The molecular weight excluding hydrogens is 447 g/mol. The van der Waals surface area contributed by atoms with Crippen molar-refractivity contribution in [3.63, 3.8) is 0 Å². The van der Waals surface area contributed by atoms with Crippen molar-refractivity contribution >= 4 is 28.6 Å². The topological polar surface area (TPSA) is 54.0 Å². The van der Waals surface area contributed by atoms with Gasteiger partial charge in [-0.3, -0.25) is 4.79 Å². The molecule has 1 heterocycles. The van der Waals surface area contributed by atoms with Crippen LogP contribution in [0.4, 0.5) is 24.5 Å². The van der Waals surface area contributed by atoms with Gasteiger partial charge in [-0.25, -0.2) is 4.98 Å². The number of rotatable bonds is 7. The minimum atomic E-state index is -4.41. The Morgan fingerprint density at radius 1 is 0.909 bits per heavy atom. The van der Waals surface area contributed by atoms with E-state index >= 15 is 0 Å². The van der Waals surface area contributed by atoms with Crippen LogP contribution in [-0.2, 0) is 12.6 Å². The molecule has 0 aliphatic rings. The average Bonchev–Trinajstić information content (AvgIpc) is 3.33. The van der Waals surface area contributed by atoms with Gasteiger partial charge in [0.2, 0.25) is 0 Å². The number of halogens is 3. The van der Waals surface area contributed by atoms with Gasteiger partial charge in [0.05, 0.1) is 16.8 Å². The van der Waals surface area contributed by atoms with E-state index in [9.17, 15) is 18.0 Å². The minimum Gasteiger partial charge on any atom is -0.385 e. The normalized spacial score (nSPS) is 11.2. The van der Waals surface area contributed by atoms with Crippen molar-refractivity contribution in [3.8, 4) is 11.1 Å². The molecule has 0 spiro atoms. The first-order valence-corrected chi connectivity index (χ1v) is 11.1. The number of anilines is 2. The lowest BCUT2D eigenvalue weighted by Crippen LogP contribution is -2.13. The fourth-order valence-corrected chi connectivity index (χ4v) is 3.93. The Kier molecular flexibility index (Phi) is 6.74. The van der Waals surface area contributed by atoms with Gasteiger partial charge in [-0.15, -0.1) is 11.3 Å². The van der Waals surface area contributed by atoms with Crippen molar-refractivity contribution in [2.75, 3.05) is 17.2 Å². The second-order valence-corrected chi connectivity index (χ2v) is 8.03. The first-order valence-electron chi connectivity index (χ1n) is 10.2. The summed E-state index contributed by atoms with van der Waals surface area (Å²) in [5.41, 5.74) is 5.14. The lowest BCUT2D eigenvalue weighted by molar-refractivity contribution is -0.137. The molecule has 0 radical (unpaired) electrons. The summed E-state index contributed by atoms with van der Waals surface area (Å²) in [7, 11) is 0. The fourth-order valence-electron chi connectivity index (χ4n) is 3.34. The molecule has 4 aromatic rings. The molecule has 0 atom stereocenters. The maximum absolute atomic E-state index is 12.9. The number of carbonyl (C=O) groups excluding carboxylic acids is 1. The van der Waals surface area contributed by atoms with Crippen LogP contribution in [0.1, 0.15) is 21.6 Å². The molecule has 1 amide bonds. The summed E-state index contributed by atoms with van der Waals surface area (Å²) in [6, 6.07) is 19.0. The molecule has 0 fully saturated rings. The van der Waals surface area contributed by atoms with E-state index in [1.54, 1.807) is 47.7 Å². The third-order valence-electron chi connectivity index (χ3n) is 5.03. The predicted octanol–water partition coefficient (Wildman–Crippen LogP) is 6.74. The van der Waals surface area contributed by atoms with Crippen LogP contribution in [0.15, 0.2) is 83.7 Å². The number of carbonyl (C=O) groups is 1. The first kappa shape index (κ1) is 22.5. The molecule has 168 valence electrons. The van der Waals surface area contributed by atoms with Gasteiger partial charge in [0.1, 0.15) is 0 Å². The lowest BCUT2D eigenvalue weighted by Gasteiger charge is -2.12. The number of aromatic nitrogens is 1. The van der Waals surface area contributed by atoms with E-state index < -0.39 is 11.7 Å². The maximum Gasteiger partial charge on any atom is 0.416 e. The van der Waals surface area contributed by atoms with Gasteiger partial charge in [0.25, 0.3) is 5.91 Å². The van der Waals surface area contributed by atoms with Crippen LogP contribution in [0.2, 0.25) is 0 Å². The average molecular weight is 468 g/mol. The number of hydrogen-bond acceptors (Lipinski definition) is 4. The van der Waals surface area contributed by atoms with E-state index in [1.165, 1.54) is 12.1 Å². The van der Waals surface area contributed by atoms with Crippen LogP contribution >= 0.6 is 11.3 Å². The molecule has 4 nitrogen and oxygen atoms in total. The number of alkyl halides is 3. The van der Waals surface area contributed by atoms with Gasteiger partial charge < -0.3 is 10.6 Å². The molecule has 4 rings (SSSR count). The molecule has 1 aromatic heterocycles. The van der Waals surface area contributed by atoms with Crippen molar-refractivity contribution in [2.24, 2.45) is 0 Å². The third-order valence-corrected chi connectivity index (χ3v) is 5.67. The molecule has 0 aliphatic heterocycles. The second kappa shape index (κ2) is 9.87. The monoisotopic (exact) mass is 467 g/mol. The first-order chi connectivity index (χ1) is 15.9. The Morgan fingerprint density at radius 3 is 2.27 bits per heavy atom. The maximum atomic E-state index is 12.9. The smallest absolute Gasteiger partial charge is 0.385 e. The molecule has 0 saturated heterocycles. The summed E-state index contributed by atoms with van der Waals surface area (Å²) in [6.07, 6.45) is -3.58. The highest BCUT2D eigenvalue weighted by molar-refractivity contribution is 7.07. The molecule has 3 aromatic carbocycles. The Bertz CT molecular complexity index is 1210. The summed E-state index contributed by atoms with van der Waals surface area (Å²) in [6.45, 7) is 0.746. The SMILES string of the molecule is O=C(Nc1ccc(NCCc2cscn2)cc1)c1ccccc1-c1ccc(C(F)(F)F)cc1. The highest BCUT2D eigenvalue weighted by Crippen LogP contribution is 2.32. The van der Waals surface area contributed by atoms with Crippen molar-refractivity contribution in [1.29, 1.82) is 0 Å². The van der Waals surface area contributed by atoms with Gasteiger partial charge in [-0.05, 0) is 53.6 Å². The molecule has 8 heteroatoms. The van der Waals surface area contributed by atoms with Gasteiger partial charge in [-0.1, -0.05) is 30.3 Å². The Labute approximate surface area is 193 Å². The van der Waals surface area contributed by atoms with Crippen molar-refractivity contribution in [2.45, 2.75) is 12.6 Å². The zero-order valence-electron chi connectivity index (χ0n) is 17.4. The highest BCUT2D eigenvalue weighted by Gasteiger charge is 2.30. The van der Waals surface area contributed by atoms with Crippen LogP contribution < -0.4 is 10.6 Å². The van der Waals surface area contributed by atoms with E-state index in [0.717, 1.165) is 36.5 Å². The van der Waals surface area contributed by atoms with Crippen LogP contribution in [0, 0.1) is 0 Å². The summed E-state index contributed by atoms with van der Waals surface area (Å²) in [5.74, 6) is -0.338. The van der Waals surface area contributed by atoms with E-state index in [0.29, 0.717) is 22.4 Å². The number of thiazole rings is 1.